The van der Waals surface area contributed by atoms with Crippen LogP contribution < -0.4 is 11.0 Å². The molecule has 1 atom stereocenters. The highest BCUT2D eigenvalue weighted by Gasteiger charge is 2.37. The van der Waals surface area contributed by atoms with Gasteiger partial charge in [0, 0.05) is 51.2 Å². The number of benzene rings is 2. The third kappa shape index (κ3) is 6.65. The normalized spacial score (nSPS) is 20.5. The van der Waals surface area contributed by atoms with Crippen LogP contribution in [0.4, 0.5) is 19.7 Å². The zero-order chi connectivity index (χ0) is 33.4. The first kappa shape index (κ1) is 32.2. The largest absolute Gasteiger partial charge is 0.436 e. The van der Waals surface area contributed by atoms with Gasteiger partial charge < -0.3 is 39.6 Å². The van der Waals surface area contributed by atoms with Crippen LogP contribution in [0.15, 0.2) is 35.1 Å². The number of imidazole rings is 1. The van der Waals surface area contributed by atoms with Crippen molar-refractivity contribution in [2.24, 2.45) is 0 Å². The van der Waals surface area contributed by atoms with Crippen molar-refractivity contribution in [1.82, 2.24) is 29.6 Å². The molecule has 3 aromatic rings. The molecule has 0 bridgehead atoms. The molecule has 4 aliphatic rings. The van der Waals surface area contributed by atoms with Crippen molar-refractivity contribution < 1.29 is 23.5 Å². The van der Waals surface area contributed by atoms with E-state index >= 15 is 0 Å². The SMILES string of the molecule is Cc1cc(CC(OC(=O)N2CCC(N3Cc4cccc(F)c4NC3=O)CC2)C(=O)N2CCC(N3CCCCC3)CC2)cc2[nH]c(=O)[nH]c12. The van der Waals surface area contributed by atoms with Crippen molar-refractivity contribution in [2.45, 2.75) is 83.0 Å². The molecule has 1 unspecified atom stereocenters. The number of urea groups is 1. The minimum absolute atomic E-state index is 0.123. The summed E-state index contributed by atoms with van der Waals surface area (Å²) in [6.45, 7) is 6.39. The summed E-state index contributed by atoms with van der Waals surface area (Å²) in [4.78, 5) is 65.8. The molecule has 2 aromatic carbocycles. The highest BCUT2D eigenvalue weighted by Crippen LogP contribution is 2.30. The van der Waals surface area contributed by atoms with Crippen LogP contribution in [0.5, 0.6) is 0 Å². The van der Waals surface area contributed by atoms with Crippen LogP contribution in [-0.4, -0.2) is 105 Å². The number of H-pyrrole nitrogens is 2. The van der Waals surface area contributed by atoms with Gasteiger partial charge in [-0.3, -0.25) is 4.79 Å². The fraction of sp³-hybridized carbons (Fsp3) is 0.543. The number of hydrogen-bond acceptors (Lipinski definition) is 6. The maximum Gasteiger partial charge on any atom is 0.410 e. The monoisotopic (exact) mass is 661 g/mol. The third-order valence-corrected chi connectivity index (χ3v) is 10.6. The van der Waals surface area contributed by atoms with Crippen LogP contribution in [0.2, 0.25) is 0 Å². The summed E-state index contributed by atoms with van der Waals surface area (Å²) >= 11 is 0. The molecule has 0 aliphatic carbocycles. The second kappa shape index (κ2) is 13.6. The highest BCUT2D eigenvalue weighted by atomic mass is 19.1. The molecule has 7 rings (SSSR count). The molecule has 12 nitrogen and oxygen atoms in total. The number of anilines is 1. The van der Waals surface area contributed by atoms with Crippen molar-refractivity contribution in [3.63, 3.8) is 0 Å². The summed E-state index contributed by atoms with van der Waals surface area (Å²) in [7, 11) is 0. The minimum atomic E-state index is -1.02. The lowest BCUT2D eigenvalue weighted by molar-refractivity contribution is -0.142. The summed E-state index contributed by atoms with van der Waals surface area (Å²) in [5.41, 5.74) is 3.64. The van der Waals surface area contributed by atoms with Gasteiger partial charge in [-0.25, -0.2) is 18.8 Å². The quantitative estimate of drug-likeness (QED) is 0.360. The molecule has 3 saturated heterocycles. The lowest BCUT2D eigenvalue weighted by Crippen LogP contribution is -2.53. The third-order valence-electron chi connectivity index (χ3n) is 10.6. The molecule has 256 valence electrons. The van der Waals surface area contributed by atoms with Crippen LogP contribution in [0.3, 0.4) is 0 Å². The van der Waals surface area contributed by atoms with Gasteiger partial charge in [0.05, 0.1) is 16.7 Å². The fourth-order valence-corrected chi connectivity index (χ4v) is 7.97. The minimum Gasteiger partial charge on any atom is -0.436 e. The first-order valence-electron chi connectivity index (χ1n) is 17.3. The Bertz CT molecular complexity index is 1730. The maximum absolute atomic E-state index is 14.2. The molecule has 0 saturated carbocycles. The molecule has 1 aromatic heterocycles. The summed E-state index contributed by atoms with van der Waals surface area (Å²) in [5.74, 6) is -0.656. The van der Waals surface area contributed by atoms with Gasteiger partial charge in [-0.2, -0.15) is 0 Å². The number of nitrogens with one attached hydrogen (secondary N) is 3. The predicted octanol–water partition coefficient (Wildman–Crippen LogP) is 4.34. The Kier molecular flexibility index (Phi) is 9.13. The predicted molar refractivity (Wildman–Crippen MR) is 178 cm³/mol. The molecule has 5 heterocycles. The number of piperidine rings is 3. The Labute approximate surface area is 278 Å². The summed E-state index contributed by atoms with van der Waals surface area (Å²) in [6, 6.07) is 8.52. The van der Waals surface area contributed by atoms with E-state index in [9.17, 15) is 23.6 Å². The zero-order valence-corrected chi connectivity index (χ0v) is 27.4. The van der Waals surface area contributed by atoms with Crippen molar-refractivity contribution in [3.8, 4) is 0 Å². The van der Waals surface area contributed by atoms with E-state index in [4.69, 9.17) is 4.74 Å². The fourth-order valence-electron chi connectivity index (χ4n) is 7.97. The van der Waals surface area contributed by atoms with Crippen LogP contribution in [0.25, 0.3) is 11.0 Å². The number of hydrogen-bond donors (Lipinski definition) is 3. The molecule has 0 spiro atoms. The van der Waals surface area contributed by atoms with Crippen molar-refractivity contribution in [3.05, 3.63) is 63.3 Å². The second-order valence-corrected chi connectivity index (χ2v) is 13.7. The molecule has 48 heavy (non-hydrogen) atoms. The summed E-state index contributed by atoms with van der Waals surface area (Å²) < 4.78 is 20.3. The van der Waals surface area contributed by atoms with Crippen LogP contribution >= 0.6 is 0 Å². The number of amides is 4. The molecular formula is C35H44FN7O5. The average molecular weight is 662 g/mol. The van der Waals surface area contributed by atoms with Crippen LogP contribution in [0, 0.1) is 12.7 Å². The smallest absolute Gasteiger partial charge is 0.410 e. The van der Waals surface area contributed by atoms with Gasteiger partial charge in [-0.05, 0) is 87.4 Å². The van der Waals surface area contributed by atoms with Crippen LogP contribution in [-0.2, 0) is 22.5 Å². The molecule has 0 radical (unpaired) electrons. The number of halogens is 1. The van der Waals surface area contributed by atoms with Crippen LogP contribution in [0.1, 0.15) is 61.6 Å². The van der Waals surface area contributed by atoms with Gasteiger partial charge in [0.15, 0.2) is 6.10 Å². The van der Waals surface area contributed by atoms with E-state index in [1.54, 1.807) is 21.9 Å². The second-order valence-electron chi connectivity index (χ2n) is 13.7. The van der Waals surface area contributed by atoms with Crippen molar-refractivity contribution >= 4 is 34.8 Å². The van der Waals surface area contributed by atoms with E-state index in [1.807, 2.05) is 24.0 Å². The number of nitrogens with zero attached hydrogens (tertiary/aromatic N) is 4. The number of aryl methyl sites for hydroxylation is 1. The van der Waals surface area contributed by atoms with E-state index < -0.39 is 18.0 Å². The Balaban J connectivity index is 1.02. The van der Waals surface area contributed by atoms with E-state index in [0.717, 1.165) is 42.6 Å². The van der Waals surface area contributed by atoms with Gasteiger partial charge in [-0.1, -0.05) is 24.6 Å². The van der Waals surface area contributed by atoms with Crippen molar-refractivity contribution in [2.75, 3.05) is 44.6 Å². The summed E-state index contributed by atoms with van der Waals surface area (Å²) in [6.07, 6.45) is 5.20. The molecule has 3 N–H and O–H groups in total. The van der Waals surface area contributed by atoms with Gasteiger partial charge in [-0.15, -0.1) is 0 Å². The van der Waals surface area contributed by atoms with E-state index in [1.165, 1.54) is 25.3 Å². The number of fused-ring (bicyclic) bond motifs is 2. The maximum atomic E-state index is 14.2. The molecule has 4 aliphatic heterocycles. The number of carbonyl (C=O) groups is 3. The number of aromatic nitrogens is 2. The number of likely N-dealkylation sites (tertiary alicyclic amines) is 3. The number of rotatable bonds is 6. The number of ether oxygens (including phenoxy) is 1. The molecule has 3 fully saturated rings. The lowest BCUT2D eigenvalue weighted by Gasteiger charge is -2.41. The first-order chi connectivity index (χ1) is 23.2. The number of para-hydroxylation sites is 1. The van der Waals surface area contributed by atoms with Gasteiger partial charge >= 0.3 is 17.8 Å². The average Bonchev–Trinajstić information content (AvgIpc) is 3.49. The Hall–Kier alpha value is -4.39. The Morgan fingerprint density at radius 1 is 0.917 bits per heavy atom. The molecule has 13 heteroatoms. The zero-order valence-electron chi connectivity index (χ0n) is 27.4. The Morgan fingerprint density at radius 3 is 2.38 bits per heavy atom. The van der Waals surface area contributed by atoms with Gasteiger partial charge in [0.2, 0.25) is 0 Å². The first-order valence-corrected chi connectivity index (χ1v) is 17.3. The Morgan fingerprint density at radius 2 is 1.62 bits per heavy atom. The standard InChI is InChI=1S/C35H44FN7O5/c1-22-18-23(19-28-30(22)38-33(45)37-28)20-29(32(44)41-14-8-25(9-15-41)40-12-3-2-4-13-40)48-35(47)42-16-10-26(11-17-42)43-21-24-6-5-7-27(36)31(24)39-34(43)46/h5-7,18-19,25-26,29H,2-4,8-17,20-21H2,1H3,(H,39,46)(H2,37,38,45). The topological polar surface area (TPSA) is 134 Å². The van der Waals surface area contributed by atoms with Gasteiger partial charge in [0.1, 0.15) is 5.82 Å². The highest BCUT2D eigenvalue weighted by molar-refractivity contribution is 5.92. The lowest BCUT2D eigenvalue weighted by atomic mass is 9.98. The van der Waals surface area contributed by atoms with E-state index in [0.29, 0.717) is 62.6 Å². The number of carbonyl (C=O) groups excluding carboxylic acids is 3. The number of aromatic amines is 2. The van der Waals surface area contributed by atoms with E-state index in [-0.39, 0.29) is 35.8 Å². The molecular weight excluding hydrogens is 617 g/mol. The van der Waals surface area contributed by atoms with E-state index in [2.05, 4.69) is 20.2 Å². The summed E-state index contributed by atoms with van der Waals surface area (Å²) in [5, 5.41) is 2.68. The van der Waals surface area contributed by atoms with Crippen molar-refractivity contribution in [1.29, 1.82) is 0 Å². The van der Waals surface area contributed by atoms with Gasteiger partial charge in [0.25, 0.3) is 5.91 Å². The molecule has 4 amide bonds.